The van der Waals surface area contributed by atoms with Gasteiger partial charge in [0.05, 0.1) is 10.5 Å². The molecule has 0 spiro atoms. The number of sulfonamides is 1. The van der Waals surface area contributed by atoms with Crippen LogP contribution in [-0.4, -0.2) is 19.9 Å². The highest BCUT2D eigenvalue weighted by Crippen LogP contribution is 2.34. The van der Waals surface area contributed by atoms with Crippen LogP contribution in [-0.2, 0) is 16.2 Å². The van der Waals surface area contributed by atoms with Crippen molar-refractivity contribution in [2.75, 3.05) is 6.54 Å². The molecule has 2 aromatic rings. The van der Waals surface area contributed by atoms with E-state index in [9.17, 15) is 26.4 Å². The Morgan fingerprint density at radius 3 is 2.32 bits per heavy atom. The maximum absolute atomic E-state index is 13.1. The molecule has 0 aliphatic heterocycles. The van der Waals surface area contributed by atoms with Crippen molar-refractivity contribution < 1.29 is 21.6 Å². The van der Waals surface area contributed by atoms with E-state index in [1.54, 1.807) is 0 Å². The predicted molar refractivity (Wildman–Crippen MR) is 88.8 cm³/mol. The summed E-state index contributed by atoms with van der Waals surface area (Å²) in [6, 6.07) is 3.67. The van der Waals surface area contributed by atoms with Gasteiger partial charge in [-0.15, -0.1) is 0 Å². The molecule has 0 radical (unpaired) electrons. The molecule has 0 unspecified atom stereocenters. The summed E-state index contributed by atoms with van der Waals surface area (Å²) in [5.74, 6) is 0. The van der Waals surface area contributed by atoms with Crippen molar-refractivity contribution in [2.24, 2.45) is 5.41 Å². The number of halogens is 3. The molecule has 0 aliphatic carbocycles. The van der Waals surface area contributed by atoms with Crippen LogP contribution < -0.4 is 10.3 Å². The molecule has 138 valence electrons. The lowest BCUT2D eigenvalue weighted by atomic mass is 9.93. The average molecular weight is 376 g/mol. The molecule has 2 N–H and O–H groups in total. The second-order valence-electron chi connectivity index (χ2n) is 6.96. The van der Waals surface area contributed by atoms with Gasteiger partial charge in [0.15, 0.2) is 0 Å². The Bertz CT molecular complexity index is 942. The molecule has 0 fully saturated rings. The monoisotopic (exact) mass is 376 g/mol. The maximum Gasteiger partial charge on any atom is 0.417 e. The molecular formula is C16H19F3N2O3S. The van der Waals surface area contributed by atoms with E-state index in [0.29, 0.717) is 12.5 Å². The predicted octanol–water partition coefficient (Wildman–Crippen LogP) is 3.26. The van der Waals surface area contributed by atoms with Crippen molar-refractivity contribution in [1.29, 1.82) is 0 Å². The summed E-state index contributed by atoms with van der Waals surface area (Å²) in [5.41, 5.74) is -2.24. The number of alkyl halides is 3. The first-order valence-electron chi connectivity index (χ1n) is 7.54. The Hall–Kier alpha value is -1.87. The number of hydrogen-bond acceptors (Lipinski definition) is 3. The van der Waals surface area contributed by atoms with Gasteiger partial charge in [-0.1, -0.05) is 20.8 Å². The Morgan fingerprint density at radius 1 is 1.12 bits per heavy atom. The second kappa shape index (κ2) is 6.45. The van der Waals surface area contributed by atoms with Gasteiger partial charge in [0.2, 0.25) is 15.6 Å². The lowest BCUT2D eigenvalue weighted by molar-refractivity contribution is -0.136. The van der Waals surface area contributed by atoms with E-state index < -0.39 is 27.3 Å². The molecule has 1 heterocycles. The van der Waals surface area contributed by atoms with E-state index in [4.69, 9.17) is 0 Å². The third-order valence-corrected chi connectivity index (χ3v) is 5.06. The Kier molecular flexibility index (Phi) is 5.02. The van der Waals surface area contributed by atoms with Crippen LogP contribution >= 0.6 is 0 Å². The molecule has 0 saturated heterocycles. The molecule has 0 atom stereocenters. The van der Waals surface area contributed by atoms with Crippen molar-refractivity contribution in [3.8, 4) is 0 Å². The minimum absolute atomic E-state index is 0.0755. The average Bonchev–Trinajstić information content (AvgIpc) is 2.43. The molecule has 25 heavy (non-hydrogen) atoms. The number of hydrogen-bond donors (Lipinski definition) is 2. The van der Waals surface area contributed by atoms with Crippen LogP contribution in [0.3, 0.4) is 0 Å². The first-order valence-corrected chi connectivity index (χ1v) is 9.02. The zero-order valence-corrected chi connectivity index (χ0v) is 14.8. The van der Waals surface area contributed by atoms with E-state index in [-0.39, 0.29) is 27.8 Å². The summed E-state index contributed by atoms with van der Waals surface area (Å²) >= 11 is 0. The van der Waals surface area contributed by atoms with Gasteiger partial charge in [-0.05, 0) is 30.0 Å². The van der Waals surface area contributed by atoms with Crippen molar-refractivity contribution in [3.05, 3.63) is 40.2 Å². The van der Waals surface area contributed by atoms with Gasteiger partial charge in [-0.3, -0.25) is 4.79 Å². The van der Waals surface area contributed by atoms with Crippen LogP contribution in [0.4, 0.5) is 13.2 Å². The number of pyridine rings is 1. The lowest BCUT2D eigenvalue weighted by Gasteiger charge is -2.18. The molecule has 0 amide bonds. The van der Waals surface area contributed by atoms with E-state index in [1.165, 1.54) is 0 Å². The quantitative estimate of drug-likeness (QED) is 0.860. The van der Waals surface area contributed by atoms with Crippen molar-refractivity contribution >= 4 is 20.9 Å². The van der Waals surface area contributed by atoms with E-state index in [1.807, 2.05) is 20.8 Å². The summed E-state index contributed by atoms with van der Waals surface area (Å²) in [5, 5.41) is -0.370. The molecule has 0 bridgehead atoms. The Balaban J connectivity index is 2.47. The summed E-state index contributed by atoms with van der Waals surface area (Å²) < 4.78 is 66.5. The molecule has 9 heteroatoms. The summed E-state index contributed by atoms with van der Waals surface area (Å²) in [6.07, 6.45) is -4.20. The topological polar surface area (TPSA) is 79.0 Å². The zero-order valence-electron chi connectivity index (χ0n) is 14.0. The van der Waals surface area contributed by atoms with Crippen LogP contribution in [0.5, 0.6) is 0 Å². The third kappa shape index (κ3) is 4.82. The van der Waals surface area contributed by atoms with Crippen molar-refractivity contribution in [2.45, 2.75) is 38.3 Å². The lowest BCUT2D eigenvalue weighted by Crippen LogP contribution is -2.27. The van der Waals surface area contributed by atoms with E-state index in [2.05, 4.69) is 9.71 Å². The SMILES string of the molecule is CC(C)(C)CCNS(=O)(=O)c1ccc2[nH]c(=O)cc(C(F)(F)F)c2c1. The van der Waals surface area contributed by atoms with Gasteiger partial charge in [-0.25, -0.2) is 13.1 Å². The number of rotatable bonds is 4. The standard InChI is InChI=1S/C16H19F3N2O3S/c1-15(2,3)6-7-20-25(23,24)10-4-5-13-11(8-10)12(16(17,18)19)9-14(22)21-13/h4-5,8-9,20H,6-7H2,1-3H3,(H,21,22). The number of fused-ring (bicyclic) bond motifs is 1. The number of H-pyrrole nitrogens is 1. The van der Waals surface area contributed by atoms with E-state index in [0.717, 1.165) is 18.2 Å². The molecule has 2 rings (SSSR count). The number of benzene rings is 1. The highest BCUT2D eigenvalue weighted by atomic mass is 32.2. The normalized spacial score (nSPS) is 13.4. The minimum Gasteiger partial charge on any atom is -0.322 e. The Labute approximate surface area is 143 Å². The van der Waals surface area contributed by atoms with Crippen molar-refractivity contribution in [1.82, 2.24) is 9.71 Å². The van der Waals surface area contributed by atoms with Crippen LogP contribution in [0.1, 0.15) is 32.8 Å². The zero-order chi connectivity index (χ0) is 19.0. The van der Waals surface area contributed by atoms with Gasteiger partial charge in [0.25, 0.3) is 0 Å². The molecule has 5 nitrogen and oxygen atoms in total. The minimum atomic E-state index is -4.77. The van der Waals surface area contributed by atoms with Crippen LogP contribution in [0.25, 0.3) is 10.9 Å². The fraction of sp³-hybridized carbons (Fsp3) is 0.438. The van der Waals surface area contributed by atoms with E-state index >= 15 is 0 Å². The fourth-order valence-corrected chi connectivity index (χ4v) is 3.34. The van der Waals surface area contributed by atoms with Crippen LogP contribution in [0, 0.1) is 5.41 Å². The van der Waals surface area contributed by atoms with Crippen LogP contribution in [0.2, 0.25) is 0 Å². The third-order valence-electron chi connectivity index (χ3n) is 3.60. The van der Waals surface area contributed by atoms with Gasteiger partial charge in [0, 0.05) is 23.5 Å². The first-order chi connectivity index (χ1) is 11.3. The van der Waals surface area contributed by atoms with Gasteiger partial charge in [-0.2, -0.15) is 13.2 Å². The molecule has 1 aromatic heterocycles. The number of nitrogens with one attached hydrogen (secondary N) is 2. The maximum atomic E-state index is 13.1. The first kappa shape index (κ1) is 19.5. The summed E-state index contributed by atoms with van der Waals surface area (Å²) in [6.45, 7) is 6.01. The summed E-state index contributed by atoms with van der Waals surface area (Å²) in [7, 11) is -3.96. The van der Waals surface area contributed by atoms with Gasteiger partial charge >= 0.3 is 6.18 Å². The highest BCUT2D eigenvalue weighted by molar-refractivity contribution is 7.89. The second-order valence-corrected chi connectivity index (χ2v) is 8.73. The largest absolute Gasteiger partial charge is 0.417 e. The summed E-state index contributed by atoms with van der Waals surface area (Å²) in [4.78, 5) is 13.4. The fourth-order valence-electron chi connectivity index (χ4n) is 2.28. The molecule has 0 aliphatic rings. The smallest absolute Gasteiger partial charge is 0.322 e. The van der Waals surface area contributed by atoms with Gasteiger partial charge < -0.3 is 4.98 Å². The molecule has 0 saturated carbocycles. The van der Waals surface area contributed by atoms with Crippen LogP contribution in [0.15, 0.2) is 34.0 Å². The van der Waals surface area contributed by atoms with Gasteiger partial charge in [0.1, 0.15) is 0 Å². The number of aromatic nitrogens is 1. The van der Waals surface area contributed by atoms with Crippen molar-refractivity contribution in [3.63, 3.8) is 0 Å². The molecule has 1 aromatic carbocycles. The highest BCUT2D eigenvalue weighted by Gasteiger charge is 2.33. The Morgan fingerprint density at radius 2 is 1.76 bits per heavy atom. The number of aromatic amines is 1. The molecular weight excluding hydrogens is 357 g/mol.